The molecule has 0 saturated heterocycles. The van der Waals surface area contributed by atoms with Gasteiger partial charge in [0.05, 0.1) is 38.4 Å². The Hall–Kier alpha value is -3.40. The predicted octanol–water partition coefficient (Wildman–Crippen LogP) is 0.0150. The first kappa shape index (κ1) is 17.4. The Kier molecular flexibility index (Phi) is 4.59. The Balaban J connectivity index is 2.05. The van der Waals surface area contributed by atoms with Crippen LogP contribution in [0.2, 0.25) is 0 Å². The van der Waals surface area contributed by atoms with Gasteiger partial charge in [-0.1, -0.05) is 0 Å². The summed E-state index contributed by atoms with van der Waals surface area (Å²) >= 11 is 0. The van der Waals surface area contributed by atoms with Gasteiger partial charge in [-0.05, 0) is 12.1 Å². The second-order valence-corrected chi connectivity index (χ2v) is 5.33. The molecule has 2 aromatic rings. The summed E-state index contributed by atoms with van der Waals surface area (Å²) in [5.74, 6) is -1.33. The molecule has 1 aromatic heterocycles. The smallest absolute Gasteiger partial charge is 0.356 e. The standard InChI is InChI=1S/C16H16N4O6/c1-25-10-4-3-8(12-13(10)18-19-14(12)16(24)26-2)17-9-7-11(22)20(5-6-21)15(9)23/h3-4,7,17,21H,5-6H2,1-2H3,(H,18,19). The fourth-order valence-corrected chi connectivity index (χ4v) is 2.68. The fraction of sp³-hybridized carbons (Fsp3) is 0.250. The van der Waals surface area contributed by atoms with Gasteiger partial charge in [-0.15, -0.1) is 0 Å². The normalized spacial score (nSPS) is 14.0. The molecule has 0 fully saturated rings. The van der Waals surface area contributed by atoms with E-state index < -0.39 is 17.8 Å². The largest absolute Gasteiger partial charge is 0.494 e. The lowest BCUT2D eigenvalue weighted by Gasteiger charge is -2.14. The minimum Gasteiger partial charge on any atom is -0.494 e. The second-order valence-electron chi connectivity index (χ2n) is 5.33. The third-order valence-corrected chi connectivity index (χ3v) is 3.88. The summed E-state index contributed by atoms with van der Waals surface area (Å²) in [4.78, 5) is 37.1. The highest BCUT2D eigenvalue weighted by Gasteiger charge is 2.31. The molecule has 0 radical (unpaired) electrons. The van der Waals surface area contributed by atoms with E-state index in [1.165, 1.54) is 14.2 Å². The summed E-state index contributed by atoms with van der Waals surface area (Å²) in [5.41, 5.74) is 0.830. The van der Waals surface area contributed by atoms with Crippen molar-refractivity contribution in [2.24, 2.45) is 0 Å². The molecule has 1 aliphatic heterocycles. The number of nitrogens with zero attached hydrogens (tertiary/aromatic N) is 2. The van der Waals surface area contributed by atoms with Crippen LogP contribution in [0, 0.1) is 0 Å². The van der Waals surface area contributed by atoms with Crippen LogP contribution < -0.4 is 10.1 Å². The third-order valence-electron chi connectivity index (χ3n) is 3.88. The summed E-state index contributed by atoms with van der Waals surface area (Å²) in [7, 11) is 2.69. The van der Waals surface area contributed by atoms with Gasteiger partial charge in [0.25, 0.3) is 11.8 Å². The number of hydrogen-bond donors (Lipinski definition) is 3. The van der Waals surface area contributed by atoms with Gasteiger partial charge in [0.1, 0.15) is 17.0 Å². The molecule has 0 unspecified atom stereocenters. The number of carbonyl (C=O) groups excluding carboxylic acids is 3. The molecule has 0 atom stereocenters. The number of hydrogen-bond acceptors (Lipinski definition) is 8. The van der Waals surface area contributed by atoms with E-state index in [2.05, 4.69) is 15.5 Å². The number of aliphatic hydroxyl groups excluding tert-OH is 1. The molecule has 3 rings (SSSR count). The SMILES string of the molecule is COC(=O)c1[nH]nc2c(OC)ccc(NC3=CC(=O)N(CCO)C3=O)c12. The number of esters is 1. The summed E-state index contributed by atoms with van der Waals surface area (Å²) in [5, 5.41) is 18.8. The molecule has 10 nitrogen and oxygen atoms in total. The Morgan fingerprint density at radius 2 is 2.12 bits per heavy atom. The summed E-state index contributed by atoms with van der Waals surface area (Å²) in [6.45, 7) is -0.434. The quantitative estimate of drug-likeness (QED) is 0.485. The highest BCUT2D eigenvalue weighted by molar-refractivity contribution is 6.18. The van der Waals surface area contributed by atoms with Crippen molar-refractivity contribution < 1.29 is 29.0 Å². The number of H-pyrrole nitrogens is 1. The lowest BCUT2D eigenvalue weighted by atomic mass is 10.1. The van der Waals surface area contributed by atoms with E-state index in [9.17, 15) is 14.4 Å². The van der Waals surface area contributed by atoms with Crippen molar-refractivity contribution in [1.82, 2.24) is 15.1 Å². The molecule has 0 aliphatic carbocycles. The summed E-state index contributed by atoms with van der Waals surface area (Å²) < 4.78 is 9.97. The number of carbonyl (C=O) groups is 3. The van der Waals surface area contributed by atoms with Crippen molar-refractivity contribution >= 4 is 34.4 Å². The Morgan fingerprint density at radius 1 is 1.35 bits per heavy atom. The molecule has 10 heteroatoms. The van der Waals surface area contributed by atoms with Crippen LogP contribution in [0.3, 0.4) is 0 Å². The van der Waals surface area contributed by atoms with Crippen molar-refractivity contribution in [2.45, 2.75) is 0 Å². The van der Waals surface area contributed by atoms with E-state index in [-0.39, 0.29) is 24.5 Å². The van der Waals surface area contributed by atoms with Crippen LogP contribution in [0.15, 0.2) is 23.9 Å². The van der Waals surface area contributed by atoms with Gasteiger partial charge in [-0.3, -0.25) is 19.6 Å². The van der Waals surface area contributed by atoms with Crippen molar-refractivity contribution in [2.75, 3.05) is 32.7 Å². The number of methoxy groups -OCH3 is 2. The number of β-amino-alcohol motifs (C(OH)–C–C–N with tert-alkyl or cyclic N) is 1. The molecule has 0 saturated carbocycles. The lowest BCUT2D eigenvalue weighted by Crippen LogP contribution is -2.34. The zero-order valence-corrected chi connectivity index (χ0v) is 14.0. The molecule has 0 bridgehead atoms. The second kappa shape index (κ2) is 6.84. The van der Waals surface area contributed by atoms with Crippen LogP contribution in [0.25, 0.3) is 10.9 Å². The number of aromatic amines is 1. The number of ether oxygens (including phenoxy) is 2. The van der Waals surface area contributed by atoms with E-state index >= 15 is 0 Å². The van der Waals surface area contributed by atoms with Gasteiger partial charge in [0.15, 0.2) is 5.69 Å². The van der Waals surface area contributed by atoms with Crippen molar-refractivity contribution in [3.05, 3.63) is 29.6 Å². The molecule has 26 heavy (non-hydrogen) atoms. The first-order valence-corrected chi connectivity index (χ1v) is 7.60. The van der Waals surface area contributed by atoms with E-state index in [1.807, 2.05) is 0 Å². The van der Waals surface area contributed by atoms with Gasteiger partial charge >= 0.3 is 5.97 Å². The zero-order valence-electron chi connectivity index (χ0n) is 14.0. The van der Waals surface area contributed by atoms with E-state index in [0.29, 0.717) is 22.3 Å². The summed E-state index contributed by atoms with van der Waals surface area (Å²) in [6.07, 6.45) is 1.13. The summed E-state index contributed by atoms with van der Waals surface area (Å²) in [6, 6.07) is 3.20. The zero-order chi connectivity index (χ0) is 18.8. The highest BCUT2D eigenvalue weighted by atomic mass is 16.5. The number of imide groups is 1. The maximum atomic E-state index is 12.3. The number of anilines is 1. The monoisotopic (exact) mass is 360 g/mol. The fourth-order valence-electron chi connectivity index (χ4n) is 2.68. The number of nitrogens with one attached hydrogen (secondary N) is 2. The number of aromatic nitrogens is 2. The van der Waals surface area contributed by atoms with Gasteiger partial charge in [-0.2, -0.15) is 5.10 Å². The van der Waals surface area contributed by atoms with Gasteiger partial charge in [0, 0.05) is 6.08 Å². The maximum absolute atomic E-state index is 12.3. The number of rotatable bonds is 6. The van der Waals surface area contributed by atoms with Crippen LogP contribution in [0.1, 0.15) is 10.5 Å². The molecule has 3 N–H and O–H groups in total. The van der Waals surface area contributed by atoms with E-state index in [1.54, 1.807) is 12.1 Å². The maximum Gasteiger partial charge on any atom is 0.356 e. The first-order chi connectivity index (χ1) is 12.5. The molecule has 2 amide bonds. The van der Waals surface area contributed by atoms with Crippen LogP contribution in [0.4, 0.5) is 5.69 Å². The average molecular weight is 360 g/mol. The van der Waals surface area contributed by atoms with Crippen molar-refractivity contribution in [3.63, 3.8) is 0 Å². The molecule has 136 valence electrons. The lowest BCUT2D eigenvalue weighted by molar-refractivity contribution is -0.137. The molecular weight excluding hydrogens is 344 g/mol. The van der Waals surface area contributed by atoms with E-state index in [4.69, 9.17) is 14.6 Å². The van der Waals surface area contributed by atoms with Crippen molar-refractivity contribution in [3.8, 4) is 5.75 Å². The van der Waals surface area contributed by atoms with Crippen LogP contribution in [0.5, 0.6) is 5.75 Å². The van der Waals surface area contributed by atoms with Crippen LogP contribution >= 0.6 is 0 Å². The molecule has 0 spiro atoms. The minimum atomic E-state index is -0.645. The molecule has 1 aliphatic rings. The minimum absolute atomic E-state index is 0.0203. The van der Waals surface area contributed by atoms with E-state index in [0.717, 1.165) is 11.0 Å². The Labute approximate surface area is 147 Å². The number of fused-ring (bicyclic) bond motifs is 1. The van der Waals surface area contributed by atoms with Gasteiger partial charge in [-0.25, -0.2) is 4.79 Å². The van der Waals surface area contributed by atoms with Gasteiger partial charge in [0.2, 0.25) is 0 Å². The molecule has 2 heterocycles. The number of benzene rings is 1. The van der Waals surface area contributed by atoms with Crippen LogP contribution in [-0.2, 0) is 14.3 Å². The van der Waals surface area contributed by atoms with Crippen LogP contribution in [-0.4, -0.2) is 65.4 Å². The molecular formula is C16H16N4O6. The number of aliphatic hydroxyl groups is 1. The Morgan fingerprint density at radius 3 is 2.77 bits per heavy atom. The first-order valence-electron chi connectivity index (χ1n) is 7.60. The highest BCUT2D eigenvalue weighted by Crippen LogP contribution is 2.34. The molecule has 1 aromatic carbocycles. The topological polar surface area (TPSA) is 134 Å². The Bertz CT molecular complexity index is 932. The third kappa shape index (κ3) is 2.75. The van der Waals surface area contributed by atoms with Crippen molar-refractivity contribution in [1.29, 1.82) is 0 Å². The van der Waals surface area contributed by atoms with Gasteiger partial charge < -0.3 is 19.9 Å². The average Bonchev–Trinajstić information content (AvgIpc) is 3.19. The predicted molar refractivity (Wildman–Crippen MR) is 89.5 cm³/mol. The number of amides is 2.